The van der Waals surface area contributed by atoms with E-state index in [9.17, 15) is 19.7 Å². The minimum Gasteiger partial charge on any atom is -0.478 e. The Bertz CT molecular complexity index is 571. The van der Waals surface area contributed by atoms with Gasteiger partial charge in [-0.05, 0) is 6.07 Å². The number of fused-ring (bicyclic) bond motifs is 1. The molecule has 106 valence electrons. The summed E-state index contributed by atoms with van der Waals surface area (Å²) in [7, 11) is 1.25. The largest absolute Gasteiger partial charge is 0.478 e. The molecule has 1 aromatic rings. The molecule has 1 aliphatic rings. The Morgan fingerprint density at radius 3 is 2.95 bits per heavy atom. The van der Waals surface area contributed by atoms with E-state index in [4.69, 9.17) is 4.74 Å². The summed E-state index contributed by atoms with van der Waals surface area (Å²) in [6.45, 7) is 0. The van der Waals surface area contributed by atoms with E-state index in [2.05, 4.69) is 10.1 Å². The van der Waals surface area contributed by atoms with Gasteiger partial charge in [-0.3, -0.25) is 19.7 Å². The number of ether oxygens (including phenoxy) is 2. The number of methoxy groups -OCH3 is 1. The van der Waals surface area contributed by atoms with Crippen LogP contribution in [0.2, 0.25) is 0 Å². The smallest absolute Gasteiger partial charge is 0.305 e. The van der Waals surface area contributed by atoms with Gasteiger partial charge in [0.15, 0.2) is 11.9 Å². The molecule has 0 spiro atoms. The van der Waals surface area contributed by atoms with Crippen LogP contribution in [0.1, 0.15) is 12.8 Å². The maximum absolute atomic E-state index is 11.8. The summed E-state index contributed by atoms with van der Waals surface area (Å²) in [5, 5.41) is 13.3. The van der Waals surface area contributed by atoms with Gasteiger partial charge in [0.2, 0.25) is 0 Å². The molecule has 20 heavy (non-hydrogen) atoms. The van der Waals surface area contributed by atoms with Crippen LogP contribution < -0.4 is 10.1 Å². The van der Waals surface area contributed by atoms with E-state index in [-0.39, 0.29) is 24.3 Å². The van der Waals surface area contributed by atoms with Gasteiger partial charge in [0.1, 0.15) is 0 Å². The van der Waals surface area contributed by atoms with Crippen molar-refractivity contribution < 1.29 is 24.0 Å². The van der Waals surface area contributed by atoms with Gasteiger partial charge >= 0.3 is 5.97 Å². The minimum absolute atomic E-state index is 0.0266. The zero-order valence-corrected chi connectivity index (χ0v) is 10.6. The zero-order chi connectivity index (χ0) is 14.7. The average molecular weight is 280 g/mol. The van der Waals surface area contributed by atoms with Crippen molar-refractivity contribution in [2.24, 2.45) is 0 Å². The van der Waals surface area contributed by atoms with Gasteiger partial charge in [-0.25, -0.2) is 0 Å². The predicted octanol–water partition coefficient (Wildman–Crippen LogP) is 1.25. The first-order valence-electron chi connectivity index (χ1n) is 5.84. The van der Waals surface area contributed by atoms with Gasteiger partial charge < -0.3 is 14.8 Å². The number of non-ortho nitro benzene ring substituents is 1. The van der Waals surface area contributed by atoms with Crippen LogP contribution in [0, 0.1) is 10.1 Å². The van der Waals surface area contributed by atoms with Gasteiger partial charge in [-0.1, -0.05) is 0 Å². The van der Waals surface area contributed by atoms with Gasteiger partial charge in [0.05, 0.1) is 23.8 Å². The number of nitro groups is 1. The van der Waals surface area contributed by atoms with Gasteiger partial charge in [-0.15, -0.1) is 0 Å². The normalized spacial score (nSPS) is 16.6. The molecule has 1 aromatic carbocycles. The molecule has 1 unspecified atom stereocenters. The lowest BCUT2D eigenvalue weighted by molar-refractivity contribution is -0.384. The van der Waals surface area contributed by atoms with Crippen molar-refractivity contribution in [2.45, 2.75) is 18.9 Å². The first-order valence-corrected chi connectivity index (χ1v) is 5.84. The summed E-state index contributed by atoms with van der Waals surface area (Å²) in [5.74, 6) is -0.629. The Morgan fingerprint density at radius 2 is 2.30 bits per heavy atom. The molecule has 0 radical (unpaired) electrons. The lowest BCUT2D eigenvalue weighted by atomic mass is 10.1. The van der Waals surface area contributed by atoms with Crippen molar-refractivity contribution in [2.75, 3.05) is 12.4 Å². The van der Waals surface area contributed by atoms with Crippen LogP contribution in [0.3, 0.4) is 0 Å². The molecule has 0 fully saturated rings. The fourth-order valence-electron chi connectivity index (χ4n) is 1.79. The van der Waals surface area contributed by atoms with Crippen LogP contribution in [0.15, 0.2) is 18.2 Å². The number of anilines is 1. The standard InChI is InChI=1S/C12H12N2O6/c1-19-11(15)5-4-9-12(16)13-8-3-2-7(14(17)18)6-10(8)20-9/h2-3,6,9H,4-5H2,1H3,(H,13,16). The molecular weight excluding hydrogens is 268 g/mol. The number of carbonyl (C=O) groups excluding carboxylic acids is 2. The summed E-state index contributed by atoms with van der Waals surface area (Å²) in [6, 6.07) is 3.92. The fraction of sp³-hybridized carbons (Fsp3) is 0.333. The van der Waals surface area contributed by atoms with Gasteiger partial charge in [0.25, 0.3) is 11.6 Å². The summed E-state index contributed by atoms with van der Waals surface area (Å²) in [6.07, 6.45) is -0.706. The molecule has 1 atom stereocenters. The van der Waals surface area contributed by atoms with Crippen molar-refractivity contribution in [3.8, 4) is 5.75 Å². The molecule has 2 rings (SSSR count). The lowest BCUT2D eigenvalue weighted by Gasteiger charge is -2.25. The van der Waals surface area contributed by atoms with Crippen molar-refractivity contribution in [1.82, 2.24) is 0 Å². The number of benzene rings is 1. The second kappa shape index (κ2) is 5.55. The third-order valence-corrected chi connectivity index (χ3v) is 2.83. The molecule has 0 aliphatic carbocycles. The highest BCUT2D eigenvalue weighted by Crippen LogP contribution is 2.33. The molecule has 8 nitrogen and oxygen atoms in total. The summed E-state index contributed by atoms with van der Waals surface area (Å²) >= 11 is 0. The van der Waals surface area contributed by atoms with E-state index < -0.39 is 22.9 Å². The number of nitrogens with zero attached hydrogens (tertiary/aromatic N) is 1. The molecule has 0 saturated heterocycles. The van der Waals surface area contributed by atoms with E-state index in [1.54, 1.807) is 0 Å². The highest BCUT2D eigenvalue weighted by Gasteiger charge is 2.29. The first-order chi connectivity index (χ1) is 9.51. The molecule has 1 aliphatic heterocycles. The van der Waals surface area contributed by atoms with Crippen LogP contribution in [-0.4, -0.2) is 30.0 Å². The Balaban J connectivity index is 2.13. The topological polar surface area (TPSA) is 108 Å². The van der Waals surface area contributed by atoms with Gasteiger partial charge in [0, 0.05) is 18.9 Å². The van der Waals surface area contributed by atoms with Gasteiger partial charge in [-0.2, -0.15) is 0 Å². The Kier molecular flexibility index (Phi) is 3.83. The summed E-state index contributed by atoms with van der Waals surface area (Å²) < 4.78 is 9.89. The van der Waals surface area contributed by atoms with E-state index in [1.165, 1.54) is 25.3 Å². The highest BCUT2D eigenvalue weighted by molar-refractivity contribution is 5.98. The molecule has 0 bridgehead atoms. The SMILES string of the molecule is COC(=O)CCC1Oc2cc([N+](=O)[O-])ccc2NC1=O. The summed E-state index contributed by atoms with van der Waals surface area (Å²) in [4.78, 5) is 32.9. The zero-order valence-electron chi connectivity index (χ0n) is 10.6. The van der Waals surface area contributed by atoms with Crippen molar-refractivity contribution in [3.05, 3.63) is 28.3 Å². The van der Waals surface area contributed by atoms with Crippen LogP contribution in [0.25, 0.3) is 0 Å². The highest BCUT2D eigenvalue weighted by atomic mass is 16.6. The molecule has 8 heteroatoms. The Morgan fingerprint density at radius 1 is 1.55 bits per heavy atom. The molecule has 1 N–H and O–H groups in total. The van der Waals surface area contributed by atoms with Crippen LogP contribution >= 0.6 is 0 Å². The third-order valence-electron chi connectivity index (χ3n) is 2.83. The number of nitro benzene ring substituents is 1. The number of esters is 1. The second-order valence-corrected chi connectivity index (χ2v) is 4.15. The van der Waals surface area contributed by atoms with E-state index >= 15 is 0 Å². The number of hydrogen-bond donors (Lipinski definition) is 1. The van der Waals surface area contributed by atoms with Crippen LogP contribution in [0.4, 0.5) is 11.4 Å². The molecule has 0 saturated carbocycles. The molecule has 0 aromatic heterocycles. The van der Waals surface area contributed by atoms with Crippen LogP contribution in [0.5, 0.6) is 5.75 Å². The van der Waals surface area contributed by atoms with Crippen molar-refractivity contribution in [1.29, 1.82) is 0 Å². The monoisotopic (exact) mass is 280 g/mol. The molecule has 1 amide bonds. The van der Waals surface area contributed by atoms with E-state index in [0.29, 0.717) is 5.69 Å². The quantitative estimate of drug-likeness (QED) is 0.505. The lowest BCUT2D eigenvalue weighted by Crippen LogP contribution is -2.37. The maximum Gasteiger partial charge on any atom is 0.305 e. The number of nitrogens with one attached hydrogen (secondary N) is 1. The second-order valence-electron chi connectivity index (χ2n) is 4.15. The first kappa shape index (κ1) is 13.8. The minimum atomic E-state index is -0.872. The molecule has 1 heterocycles. The van der Waals surface area contributed by atoms with E-state index in [1.807, 2.05) is 0 Å². The fourth-order valence-corrected chi connectivity index (χ4v) is 1.79. The molecular formula is C12H12N2O6. The number of hydrogen-bond acceptors (Lipinski definition) is 6. The summed E-state index contributed by atoms with van der Waals surface area (Å²) in [5.41, 5.74) is 0.238. The van der Waals surface area contributed by atoms with Crippen molar-refractivity contribution in [3.63, 3.8) is 0 Å². The van der Waals surface area contributed by atoms with E-state index in [0.717, 1.165) is 0 Å². The number of carbonyl (C=O) groups is 2. The number of amides is 1. The predicted molar refractivity (Wildman–Crippen MR) is 67.4 cm³/mol. The average Bonchev–Trinajstić information content (AvgIpc) is 2.44. The Hall–Kier alpha value is -2.64. The van der Waals surface area contributed by atoms with Crippen molar-refractivity contribution >= 4 is 23.3 Å². The van der Waals surface area contributed by atoms with Crippen LogP contribution in [-0.2, 0) is 14.3 Å². The maximum atomic E-state index is 11.8. The third kappa shape index (κ3) is 2.85. The Labute approximate surface area is 113 Å². The number of rotatable bonds is 4.